The number of ether oxygens (including phenoxy) is 1. The fourth-order valence-corrected chi connectivity index (χ4v) is 3.18. The van der Waals surface area contributed by atoms with Gasteiger partial charge in [-0.1, -0.05) is 23.3 Å². The Balaban J connectivity index is 1.65. The zero-order valence-electron chi connectivity index (χ0n) is 14.0. The van der Waals surface area contributed by atoms with Crippen LogP contribution in [0.1, 0.15) is 31.4 Å². The average molecular weight is 323 g/mol. The second kappa shape index (κ2) is 6.24. The maximum absolute atomic E-state index is 5.73. The van der Waals surface area contributed by atoms with Crippen LogP contribution in [0, 0.1) is 0 Å². The highest BCUT2D eigenvalue weighted by atomic mass is 16.5. The van der Waals surface area contributed by atoms with Gasteiger partial charge < -0.3 is 14.5 Å². The van der Waals surface area contributed by atoms with E-state index in [-0.39, 0.29) is 6.04 Å². The van der Waals surface area contributed by atoms with Gasteiger partial charge in [-0.25, -0.2) is 0 Å². The van der Waals surface area contributed by atoms with Crippen LogP contribution in [0.3, 0.4) is 0 Å². The third-order valence-electron chi connectivity index (χ3n) is 4.32. The number of nitrogens with one attached hydrogen (secondary N) is 1. The predicted octanol–water partition coefficient (Wildman–Crippen LogP) is 3.84. The number of fused-ring (bicyclic) bond motifs is 1. The van der Waals surface area contributed by atoms with Crippen LogP contribution < -0.4 is 5.32 Å². The van der Waals surface area contributed by atoms with Crippen molar-refractivity contribution < 1.29 is 9.15 Å². The molecule has 0 amide bonds. The molecule has 5 heteroatoms. The van der Waals surface area contributed by atoms with E-state index in [0.717, 1.165) is 25.0 Å². The van der Waals surface area contributed by atoms with Crippen molar-refractivity contribution in [2.45, 2.75) is 32.7 Å². The number of benzene rings is 1. The molecule has 24 heavy (non-hydrogen) atoms. The second-order valence-electron chi connectivity index (χ2n) is 6.46. The summed E-state index contributed by atoms with van der Waals surface area (Å²) in [5.41, 5.74) is 6.29. The van der Waals surface area contributed by atoms with E-state index in [1.807, 2.05) is 13.8 Å². The van der Waals surface area contributed by atoms with Crippen molar-refractivity contribution in [1.29, 1.82) is 0 Å². The molecule has 1 N–H and O–H groups in total. The van der Waals surface area contributed by atoms with Gasteiger partial charge in [0.15, 0.2) is 0 Å². The van der Waals surface area contributed by atoms with E-state index in [1.165, 1.54) is 22.3 Å². The topological polar surface area (TPSA) is 60.2 Å². The molecule has 0 radical (unpaired) electrons. The number of allylic oxidation sites excluding steroid dienone is 2. The molecule has 0 fully saturated rings. The SMILES string of the molecule is CC(C)Nc1nnc(-c2ccc3c(c2)C(C2=CCOCC2)=CC3)o1. The van der Waals surface area contributed by atoms with Crippen LogP contribution in [-0.4, -0.2) is 29.5 Å². The molecule has 0 atom stereocenters. The van der Waals surface area contributed by atoms with Gasteiger partial charge in [0.05, 0.1) is 13.2 Å². The second-order valence-corrected chi connectivity index (χ2v) is 6.46. The lowest BCUT2D eigenvalue weighted by Crippen LogP contribution is -2.09. The Morgan fingerprint density at radius 3 is 2.88 bits per heavy atom. The lowest BCUT2D eigenvalue weighted by Gasteiger charge is -2.16. The monoisotopic (exact) mass is 323 g/mol. The van der Waals surface area contributed by atoms with E-state index >= 15 is 0 Å². The van der Waals surface area contributed by atoms with Gasteiger partial charge in [0.25, 0.3) is 0 Å². The van der Waals surface area contributed by atoms with Crippen LogP contribution in [0.15, 0.2) is 40.3 Å². The van der Waals surface area contributed by atoms with Crippen molar-refractivity contribution in [3.8, 4) is 11.5 Å². The minimum Gasteiger partial charge on any atom is -0.403 e. The maximum atomic E-state index is 5.73. The average Bonchev–Trinajstić information content (AvgIpc) is 3.21. The number of hydrogen-bond donors (Lipinski definition) is 1. The molecule has 4 rings (SSSR count). The minimum absolute atomic E-state index is 0.258. The van der Waals surface area contributed by atoms with Gasteiger partial charge in [0, 0.05) is 11.6 Å². The van der Waals surface area contributed by atoms with E-state index in [9.17, 15) is 0 Å². The molecule has 1 aliphatic heterocycles. The quantitative estimate of drug-likeness (QED) is 0.926. The fourth-order valence-electron chi connectivity index (χ4n) is 3.18. The molecular weight excluding hydrogens is 302 g/mol. The van der Waals surface area contributed by atoms with Gasteiger partial charge in [-0.3, -0.25) is 0 Å². The highest BCUT2D eigenvalue weighted by molar-refractivity contribution is 5.85. The lowest BCUT2D eigenvalue weighted by molar-refractivity contribution is 0.156. The first-order valence-corrected chi connectivity index (χ1v) is 8.42. The smallest absolute Gasteiger partial charge is 0.315 e. The van der Waals surface area contributed by atoms with Crippen molar-refractivity contribution in [2.24, 2.45) is 0 Å². The highest BCUT2D eigenvalue weighted by Crippen LogP contribution is 2.37. The van der Waals surface area contributed by atoms with Crippen LogP contribution >= 0.6 is 0 Å². The number of nitrogens with zero attached hydrogens (tertiary/aromatic N) is 2. The molecule has 0 unspecified atom stereocenters. The van der Waals surface area contributed by atoms with Crippen LogP contribution in [-0.2, 0) is 11.2 Å². The number of hydrogen-bond acceptors (Lipinski definition) is 5. The maximum Gasteiger partial charge on any atom is 0.315 e. The molecule has 124 valence electrons. The Hall–Kier alpha value is -2.40. The van der Waals surface area contributed by atoms with E-state index in [2.05, 4.69) is 45.9 Å². The van der Waals surface area contributed by atoms with Crippen LogP contribution in [0.4, 0.5) is 6.01 Å². The molecule has 0 bridgehead atoms. The number of anilines is 1. The van der Waals surface area contributed by atoms with Gasteiger partial charge in [-0.2, -0.15) is 0 Å². The molecule has 0 spiro atoms. The first-order chi connectivity index (χ1) is 11.7. The van der Waals surface area contributed by atoms with Crippen molar-refractivity contribution in [3.05, 3.63) is 47.1 Å². The molecule has 1 aliphatic carbocycles. The number of aromatic nitrogens is 2. The summed E-state index contributed by atoms with van der Waals surface area (Å²) in [5, 5.41) is 11.4. The standard InChI is InChI=1S/C19H21N3O2/c1-12(2)20-19-22-21-18(24-19)15-4-3-13-5-6-16(17(13)11-15)14-7-9-23-10-8-14/h3-4,6-7,11-12H,5,8-10H2,1-2H3,(H,20,22). The van der Waals surface area contributed by atoms with Crippen molar-refractivity contribution in [1.82, 2.24) is 10.2 Å². The molecule has 0 saturated heterocycles. The summed E-state index contributed by atoms with van der Waals surface area (Å²) in [7, 11) is 0. The molecule has 0 saturated carbocycles. The molecule has 2 heterocycles. The summed E-state index contributed by atoms with van der Waals surface area (Å²) in [4.78, 5) is 0. The molecule has 5 nitrogen and oxygen atoms in total. The van der Waals surface area contributed by atoms with Gasteiger partial charge in [0.1, 0.15) is 0 Å². The summed E-state index contributed by atoms with van der Waals surface area (Å²) < 4.78 is 11.2. The largest absolute Gasteiger partial charge is 0.403 e. The van der Waals surface area contributed by atoms with E-state index in [4.69, 9.17) is 9.15 Å². The summed E-state index contributed by atoms with van der Waals surface area (Å²) in [6.45, 7) is 5.58. The van der Waals surface area contributed by atoms with Gasteiger partial charge in [-0.15, -0.1) is 5.10 Å². The Morgan fingerprint density at radius 2 is 2.08 bits per heavy atom. The van der Waals surface area contributed by atoms with E-state index in [1.54, 1.807) is 0 Å². The highest BCUT2D eigenvalue weighted by Gasteiger charge is 2.20. The van der Waals surface area contributed by atoms with Crippen molar-refractivity contribution in [2.75, 3.05) is 18.5 Å². The first-order valence-electron chi connectivity index (χ1n) is 8.42. The lowest BCUT2D eigenvalue weighted by atomic mass is 9.94. The summed E-state index contributed by atoms with van der Waals surface area (Å²) in [5.74, 6) is 0.549. The van der Waals surface area contributed by atoms with Gasteiger partial charge in [0.2, 0.25) is 5.89 Å². The normalized spacial score (nSPS) is 16.8. The van der Waals surface area contributed by atoms with Crippen LogP contribution in [0.5, 0.6) is 0 Å². The van der Waals surface area contributed by atoms with Crippen LogP contribution in [0.2, 0.25) is 0 Å². The third-order valence-corrected chi connectivity index (χ3v) is 4.32. The third kappa shape index (κ3) is 2.87. The Morgan fingerprint density at radius 1 is 1.17 bits per heavy atom. The summed E-state index contributed by atoms with van der Waals surface area (Å²) >= 11 is 0. The summed E-state index contributed by atoms with van der Waals surface area (Å²) in [6, 6.07) is 7.10. The van der Waals surface area contributed by atoms with Crippen molar-refractivity contribution >= 4 is 11.6 Å². The fraction of sp³-hybridized carbons (Fsp3) is 0.368. The Kier molecular flexibility index (Phi) is 3.94. The predicted molar refractivity (Wildman–Crippen MR) is 93.7 cm³/mol. The molecule has 2 aromatic rings. The first kappa shape index (κ1) is 15.1. The number of rotatable bonds is 4. The van der Waals surface area contributed by atoms with Crippen LogP contribution in [0.25, 0.3) is 17.0 Å². The van der Waals surface area contributed by atoms with E-state index in [0.29, 0.717) is 18.5 Å². The minimum atomic E-state index is 0.258. The Bertz CT molecular complexity index is 818. The molecule has 1 aromatic carbocycles. The molecule has 1 aromatic heterocycles. The van der Waals surface area contributed by atoms with Crippen molar-refractivity contribution in [3.63, 3.8) is 0 Å². The van der Waals surface area contributed by atoms with Gasteiger partial charge in [-0.05, 0) is 61.1 Å². The molecular formula is C19H21N3O2. The Labute approximate surface area is 141 Å². The zero-order valence-corrected chi connectivity index (χ0v) is 14.0. The zero-order chi connectivity index (χ0) is 16.5. The molecule has 2 aliphatic rings. The van der Waals surface area contributed by atoms with E-state index < -0.39 is 0 Å². The van der Waals surface area contributed by atoms with Gasteiger partial charge >= 0.3 is 6.01 Å². The summed E-state index contributed by atoms with van der Waals surface area (Å²) in [6.07, 6.45) is 6.45.